The average molecular weight is 276 g/mol. The lowest BCUT2D eigenvalue weighted by atomic mass is 10.1. The Kier molecular flexibility index (Phi) is 5.64. The zero-order chi connectivity index (χ0) is 13.5. The van der Waals surface area contributed by atoms with Crippen LogP contribution in [-0.4, -0.2) is 29.1 Å². The third-order valence-electron chi connectivity index (χ3n) is 3.85. The third-order valence-corrected chi connectivity index (χ3v) is 4.23. The molecule has 2 nitrogen and oxygen atoms in total. The van der Waals surface area contributed by atoms with E-state index in [0.717, 1.165) is 24.6 Å². The minimum absolute atomic E-state index is 0.583. The van der Waals surface area contributed by atoms with E-state index >= 15 is 0 Å². The molecule has 0 spiro atoms. The molecule has 0 amide bonds. The first-order valence-electron chi connectivity index (χ1n) is 7.36. The molecule has 1 heterocycles. The molecule has 1 aliphatic rings. The Morgan fingerprint density at radius 3 is 2.84 bits per heavy atom. The van der Waals surface area contributed by atoms with Crippen LogP contribution >= 0.6 is 12.2 Å². The predicted molar refractivity (Wildman–Crippen MR) is 85.4 cm³/mol. The summed E-state index contributed by atoms with van der Waals surface area (Å²) in [6.45, 7) is 4.32. The molecule has 104 valence electrons. The highest BCUT2D eigenvalue weighted by atomic mass is 32.1. The zero-order valence-corrected chi connectivity index (χ0v) is 12.6. The van der Waals surface area contributed by atoms with Crippen LogP contribution < -0.4 is 5.32 Å². The van der Waals surface area contributed by atoms with Crippen molar-refractivity contribution >= 4 is 17.3 Å². The van der Waals surface area contributed by atoms with Gasteiger partial charge in [-0.2, -0.15) is 0 Å². The smallest absolute Gasteiger partial charge is 0.169 e. The Bertz CT molecular complexity index is 391. The summed E-state index contributed by atoms with van der Waals surface area (Å²) in [4.78, 5) is 2.37. The summed E-state index contributed by atoms with van der Waals surface area (Å²) in [6.07, 6.45) is 6.24. The monoisotopic (exact) mass is 276 g/mol. The second kappa shape index (κ2) is 7.49. The number of hydrogen-bond acceptors (Lipinski definition) is 1. The van der Waals surface area contributed by atoms with E-state index in [1.165, 1.54) is 31.2 Å². The van der Waals surface area contributed by atoms with Crippen LogP contribution in [0.1, 0.15) is 38.2 Å². The van der Waals surface area contributed by atoms with Gasteiger partial charge in [-0.1, -0.05) is 43.2 Å². The third kappa shape index (κ3) is 4.50. The van der Waals surface area contributed by atoms with Crippen molar-refractivity contribution in [1.29, 1.82) is 0 Å². The molecular formula is C16H24N2S. The van der Waals surface area contributed by atoms with E-state index in [1.807, 2.05) is 0 Å². The van der Waals surface area contributed by atoms with Gasteiger partial charge in [-0.3, -0.25) is 0 Å². The second-order valence-electron chi connectivity index (χ2n) is 5.36. The van der Waals surface area contributed by atoms with Crippen LogP contribution in [0.3, 0.4) is 0 Å². The molecule has 1 aromatic carbocycles. The summed E-state index contributed by atoms with van der Waals surface area (Å²) in [5.41, 5.74) is 1.36. The Balaban J connectivity index is 1.77. The molecule has 0 radical (unpaired) electrons. The summed E-state index contributed by atoms with van der Waals surface area (Å²) in [5.74, 6) is 0. The maximum atomic E-state index is 5.54. The largest absolute Gasteiger partial charge is 0.362 e. The number of nitrogens with zero attached hydrogens (tertiary/aromatic N) is 1. The van der Waals surface area contributed by atoms with Gasteiger partial charge in [-0.05, 0) is 44.0 Å². The molecule has 0 bridgehead atoms. The highest BCUT2D eigenvalue weighted by Gasteiger charge is 2.18. The van der Waals surface area contributed by atoms with Crippen molar-refractivity contribution in [1.82, 2.24) is 10.2 Å². The first-order chi connectivity index (χ1) is 9.27. The predicted octanol–water partition coefficient (Wildman–Crippen LogP) is 3.37. The SMILES string of the molecule is CC1CCCCCN1C(=S)NCCc1ccccc1. The molecule has 1 atom stereocenters. The second-order valence-corrected chi connectivity index (χ2v) is 5.75. The van der Waals surface area contributed by atoms with Crippen LogP contribution in [0.25, 0.3) is 0 Å². The number of nitrogens with one attached hydrogen (secondary N) is 1. The fourth-order valence-electron chi connectivity index (χ4n) is 2.64. The lowest BCUT2D eigenvalue weighted by molar-refractivity contribution is 0.332. The van der Waals surface area contributed by atoms with Gasteiger partial charge in [0.25, 0.3) is 0 Å². The van der Waals surface area contributed by atoms with Crippen molar-refractivity contribution < 1.29 is 0 Å². The van der Waals surface area contributed by atoms with Crippen molar-refractivity contribution in [3.05, 3.63) is 35.9 Å². The lowest BCUT2D eigenvalue weighted by Crippen LogP contribution is -2.45. The molecule has 1 aromatic rings. The van der Waals surface area contributed by atoms with Gasteiger partial charge >= 0.3 is 0 Å². The highest BCUT2D eigenvalue weighted by Crippen LogP contribution is 2.16. The highest BCUT2D eigenvalue weighted by molar-refractivity contribution is 7.80. The van der Waals surface area contributed by atoms with Crippen LogP contribution in [0.15, 0.2) is 30.3 Å². The molecule has 1 saturated heterocycles. The number of hydrogen-bond donors (Lipinski definition) is 1. The molecule has 3 heteroatoms. The van der Waals surface area contributed by atoms with Crippen molar-refractivity contribution in [3.63, 3.8) is 0 Å². The minimum atomic E-state index is 0.583. The van der Waals surface area contributed by atoms with Gasteiger partial charge in [0.15, 0.2) is 5.11 Å². The van der Waals surface area contributed by atoms with E-state index in [0.29, 0.717) is 6.04 Å². The van der Waals surface area contributed by atoms with Gasteiger partial charge in [-0.25, -0.2) is 0 Å². The summed E-state index contributed by atoms with van der Waals surface area (Å²) in [7, 11) is 0. The van der Waals surface area contributed by atoms with E-state index in [4.69, 9.17) is 12.2 Å². The molecule has 1 unspecified atom stereocenters. The van der Waals surface area contributed by atoms with Crippen molar-refractivity contribution in [2.24, 2.45) is 0 Å². The van der Waals surface area contributed by atoms with Gasteiger partial charge in [0.1, 0.15) is 0 Å². The van der Waals surface area contributed by atoms with Gasteiger partial charge in [0.05, 0.1) is 0 Å². The van der Waals surface area contributed by atoms with Crippen molar-refractivity contribution in [3.8, 4) is 0 Å². The van der Waals surface area contributed by atoms with E-state index < -0.39 is 0 Å². The van der Waals surface area contributed by atoms with Gasteiger partial charge in [0.2, 0.25) is 0 Å². The summed E-state index contributed by atoms with van der Waals surface area (Å²) < 4.78 is 0. The minimum Gasteiger partial charge on any atom is -0.362 e. The molecule has 1 N–H and O–H groups in total. The maximum Gasteiger partial charge on any atom is 0.169 e. The van der Waals surface area contributed by atoms with Crippen LogP contribution in [0.2, 0.25) is 0 Å². The van der Waals surface area contributed by atoms with Crippen molar-refractivity contribution in [2.45, 2.75) is 45.1 Å². The van der Waals surface area contributed by atoms with Gasteiger partial charge < -0.3 is 10.2 Å². The standard InChI is InChI=1S/C16H24N2S/c1-14-8-4-3-7-13-18(14)16(19)17-12-11-15-9-5-2-6-10-15/h2,5-6,9-10,14H,3-4,7-8,11-13H2,1H3,(H,17,19). The molecule has 0 saturated carbocycles. The molecule has 19 heavy (non-hydrogen) atoms. The molecule has 1 fully saturated rings. The quantitative estimate of drug-likeness (QED) is 0.852. The summed E-state index contributed by atoms with van der Waals surface area (Å²) in [6, 6.07) is 11.1. The Morgan fingerprint density at radius 1 is 1.26 bits per heavy atom. The van der Waals surface area contributed by atoms with E-state index in [2.05, 4.69) is 47.5 Å². The number of likely N-dealkylation sites (tertiary alicyclic amines) is 1. The first kappa shape index (κ1) is 14.3. The van der Waals surface area contributed by atoms with Crippen molar-refractivity contribution in [2.75, 3.05) is 13.1 Å². The molecule has 2 rings (SSSR count). The molecule has 0 aromatic heterocycles. The van der Waals surface area contributed by atoms with Crippen LogP contribution in [-0.2, 0) is 6.42 Å². The fraction of sp³-hybridized carbons (Fsp3) is 0.562. The van der Waals surface area contributed by atoms with Gasteiger partial charge in [-0.15, -0.1) is 0 Å². The number of benzene rings is 1. The normalized spacial score (nSPS) is 19.8. The average Bonchev–Trinajstić information content (AvgIpc) is 2.64. The Morgan fingerprint density at radius 2 is 2.05 bits per heavy atom. The van der Waals surface area contributed by atoms with Crippen LogP contribution in [0.5, 0.6) is 0 Å². The topological polar surface area (TPSA) is 15.3 Å². The Hall–Kier alpha value is -1.09. The van der Waals surface area contributed by atoms with E-state index in [9.17, 15) is 0 Å². The lowest BCUT2D eigenvalue weighted by Gasteiger charge is -2.30. The molecule has 1 aliphatic heterocycles. The van der Waals surface area contributed by atoms with Crippen LogP contribution in [0.4, 0.5) is 0 Å². The summed E-state index contributed by atoms with van der Waals surface area (Å²) >= 11 is 5.54. The summed E-state index contributed by atoms with van der Waals surface area (Å²) in [5, 5.41) is 4.35. The Labute approximate surface area is 122 Å². The molecule has 0 aliphatic carbocycles. The number of rotatable bonds is 3. The maximum absolute atomic E-state index is 5.54. The van der Waals surface area contributed by atoms with Crippen LogP contribution in [0, 0.1) is 0 Å². The fourth-order valence-corrected chi connectivity index (χ4v) is 3.01. The van der Waals surface area contributed by atoms with Gasteiger partial charge in [0, 0.05) is 19.1 Å². The molecular weight excluding hydrogens is 252 g/mol. The van der Waals surface area contributed by atoms with E-state index in [1.54, 1.807) is 0 Å². The zero-order valence-electron chi connectivity index (χ0n) is 11.8. The number of thiocarbonyl (C=S) groups is 1. The first-order valence-corrected chi connectivity index (χ1v) is 7.76. The van der Waals surface area contributed by atoms with E-state index in [-0.39, 0.29) is 0 Å².